The number of aromatic nitrogens is 4. The quantitative estimate of drug-likeness (QED) is 0.659. The van der Waals surface area contributed by atoms with Crippen molar-refractivity contribution in [3.05, 3.63) is 47.5 Å². The van der Waals surface area contributed by atoms with Crippen molar-refractivity contribution < 1.29 is 14.3 Å². The summed E-state index contributed by atoms with van der Waals surface area (Å²) in [4.78, 5) is 31.0. The lowest BCUT2D eigenvalue weighted by Gasteiger charge is -2.02. The number of ether oxygens (including phenoxy) is 1. The number of rotatable bonds is 6. The molecule has 130 valence electrons. The van der Waals surface area contributed by atoms with Crippen molar-refractivity contribution in [1.82, 2.24) is 25.1 Å². The van der Waals surface area contributed by atoms with Gasteiger partial charge in [0.1, 0.15) is 5.82 Å². The Morgan fingerprint density at radius 1 is 1.36 bits per heavy atom. The van der Waals surface area contributed by atoms with Crippen molar-refractivity contribution in [2.24, 2.45) is 7.05 Å². The molecule has 2 aromatic heterocycles. The number of hydrogen-bond donors (Lipinski definition) is 2. The molecule has 0 spiro atoms. The van der Waals surface area contributed by atoms with Gasteiger partial charge in [-0.05, 0) is 30.2 Å². The number of amides is 1. The Morgan fingerprint density at radius 3 is 2.92 bits per heavy atom. The number of imidazole rings is 1. The van der Waals surface area contributed by atoms with E-state index in [1.807, 2.05) is 13.2 Å². The van der Waals surface area contributed by atoms with Crippen molar-refractivity contribution in [1.29, 1.82) is 0 Å². The van der Waals surface area contributed by atoms with E-state index in [1.165, 1.54) is 7.11 Å². The predicted molar refractivity (Wildman–Crippen MR) is 90.8 cm³/mol. The third-order valence-corrected chi connectivity index (χ3v) is 3.80. The molecule has 0 atom stereocenters. The number of hydrogen-bond acceptors (Lipinski definition) is 5. The molecule has 0 saturated heterocycles. The number of nitrogens with one attached hydrogen (secondary N) is 2. The van der Waals surface area contributed by atoms with Gasteiger partial charge in [0.25, 0.3) is 0 Å². The Balaban J connectivity index is 1.57. The number of aromatic amines is 1. The van der Waals surface area contributed by atoms with Crippen LogP contribution in [-0.2, 0) is 29.5 Å². The average Bonchev–Trinajstić information content (AvgIpc) is 3.22. The summed E-state index contributed by atoms with van der Waals surface area (Å²) in [6.45, 7) is 0.300. The minimum Gasteiger partial charge on any atom is -0.465 e. The maximum Gasteiger partial charge on any atom is 0.337 e. The van der Waals surface area contributed by atoms with Crippen LogP contribution in [0.1, 0.15) is 28.2 Å². The van der Waals surface area contributed by atoms with Crippen LogP contribution in [-0.4, -0.2) is 38.7 Å². The second-order valence-electron chi connectivity index (χ2n) is 5.71. The van der Waals surface area contributed by atoms with E-state index in [-0.39, 0.29) is 5.91 Å². The summed E-state index contributed by atoms with van der Waals surface area (Å²) in [5.41, 5.74) is 2.93. The van der Waals surface area contributed by atoms with Crippen molar-refractivity contribution in [3.63, 3.8) is 0 Å². The highest BCUT2D eigenvalue weighted by Gasteiger charge is 2.10. The highest BCUT2D eigenvalue weighted by Crippen LogP contribution is 2.14. The number of H-pyrrole nitrogens is 1. The van der Waals surface area contributed by atoms with Crippen LogP contribution in [0.25, 0.3) is 11.0 Å². The molecule has 0 aliphatic carbocycles. The van der Waals surface area contributed by atoms with Crippen LogP contribution < -0.4 is 5.32 Å². The summed E-state index contributed by atoms with van der Waals surface area (Å²) in [6, 6.07) is 5.08. The highest BCUT2D eigenvalue weighted by atomic mass is 16.5. The highest BCUT2D eigenvalue weighted by molar-refractivity contribution is 5.93. The first kappa shape index (κ1) is 16.7. The third-order valence-electron chi connectivity index (χ3n) is 3.80. The minimum absolute atomic E-state index is 0.0560. The molecule has 8 nitrogen and oxygen atoms in total. The van der Waals surface area contributed by atoms with E-state index in [4.69, 9.17) is 4.74 Å². The predicted octanol–water partition coefficient (Wildman–Crippen LogP) is 1.33. The van der Waals surface area contributed by atoms with E-state index >= 15 is 0 Å². The van der Waals surface area contributed by atoms with Crippen LogP contribution in [0.3, 0.4) is 0 Å². The number of carbonyl (C=O) groups excluding carboxylic acids is 2. The Bertz CT molecular complexity index is 912. The average molecular weight is 341 g/mol. The summed E-state index contributed by atoms with van der Waals surface area (Å²) < 4.78 is 6.41. The molecule has 25 heavy (non-hydrogen) atoms. The zero-order valence-electron chi connectivity index (χ0n) is 14.1. The van der Waals surface area contributed by atoms with Gasteiger partial charge in [-0.3, -0.25) is 9.48 Å². The number of carbonyl (C=O) groups is 2. The Labute approximate surface area is 144 Å². The molecule has 2 N–H and O–H groups in total. The summed E-state index contributed by atoms with van der Waals surface area (Å²) in [5, 5.41) is 6.91. The first-order valence-corrected chi connectivity index (χ1v) is 7.86. The van der Waals surface area contributed by atoms with E-state index in [0.717, 1.165) is 16.6 Å². The molecule has 0 aliphatic rings. The Hall–Kier alpha value is -3.16. The number of fused-ring (bicyclic) bond motifs is 1. The molecule has 0 aliphatic heterocycles. The van der Waals surface area contributed by atoms with Crippen LogP contribution >= 0.6 is 0 Å². The van der Waals surface area contributed by atoms with E-state index in [2.05, 4.69) is 20.4 Å². The summed E-state index contributed by atoms with van der Waals surface area (Å²) in [6.07, 6.45) is 4.68. The van der Waals surface area contributed by atoms with Gasteiger partial charge in [-0.25, -0.2) is 9.78 Å². The van der Waals surface area contributed by atoms with Crippen molar-refractivity contribution in [2.45, 2.75) is 19.4 Å². The molecular formula is C17H19N5O3. The fourth-order valence-electron chi connectivity index (χ4n) is 2.52. The number of esters is 1. The maximum absolute atomic E-state index is 12.0. The van der Waals surface area contributed by atoms with E-state index in [0.29, 0.717) is 30.8 Å². The van der Waals surface area contributed by atoms with Crippen LogP contribution in [0.2, 0.25) is 0 Å². The lowest BCUT2D eigenvalue weighted by molar-refractivity contribution is -0.121. The molecule has 3 aromatic rings. The fourth-order valence-corrected chi connectivity index (χ4v) is 2.52. The van der Waals surface area contributed by atoms with Gasteiger partial charge < -0.3 is 15.0 Å². The SMILES string of the molecule is COC(=O)c1ccc2nc(CNC(=O)CCc3cnn(C)c3)[nH]c2c1. The van der Waals surface area contributed by atoms with Crippen LogP contribution in [0.15, 0.2) is 30.6 Å². The van der Waals surface area contributed by atoms with Crippen molar-refractivity contribution in [2.75, 3.05) is 7.11 Å². The van der Waals surface area contributed by atoms with Crippen LogP contribution in [0.4, 0.5) is 0 Å². The monoisotopic (exact) mass is 341 g/mol. The molecule has 3 rings (SSSR count). The lowest BCUT2D eigenvalue weighted by atomic mass is 10.2. The zero-order valence-corrected chi connectivity index (χ0v) is 14.1. The van der Waals surface area contributed by atoms with Crippen LogP contribution in [0, 0.1) is 0 Å². The molecule has 2 heterocycles. The molecule has 1 amide bonds. The molecule has 8 heteroatoms. The van der Waals surface area contributed by atoms with Gasteiger partial charge in [-0.1, -0.05) is 0 Å². The number of aryl methyl sites for hydroxylation is 2. The van der Waals surface area contributed by atoms with Crippen molar-refractivity contribution >= 4 is 22.9 Å². The Morgan fingerprint density at radius 2 is 2.20 bits per heavy atom. The van der Waals surface area contributed by atoms with E-state index < -0.39 is 5.97 Å². The lowest BCUT2D eigenvalue weighted by Crippen LogP contribution is -2.23. The normalized spacial score (nSPS) is 10.8. The van der Waals surface area contributed by atoms with Gasteiger partial charge in [-0.2, -0.15) is 5.10 Å². The molecule has 0 fully saturated rings. The second kappa shape index (κ2) is 7.16. The summed E-state index contributed by atoms with van der Waals surface area (Å²) in [5.74, 6) is 0.174. The van der Waals surface area contributed by atoms with Gasteiger partial charge in [0.2, 0.25) is 5.91 Å². The molecule has 0 unspecified atom stereocenters. The van der Waals surface area contributed by atoms with Gasteiger partial charge in [-0.15, -0.1) is 0 Å². The molecular weight excluding hydrogens is 322 g/mol. The smallest absolute Gasteiger partial charge is 0.337 e. The van der Waals surface area contributed by atoms with E-state index in [9.17, 15) is 9.59 Å². The molecule has 1 aromatic carbocycles. The summed E-state index contributed by atoms with van der Waals surface area (Å²) >= 11 is 0. The topological polar surface area (TPSA) is 102 Å². The van der Waals surface area contributed by atoms with Gasteiger partial charge in [0.15, 0.2) is 0 Å². The molecule has 0 radical (unpaired) electrons. The van der Waals surface area contributed by atoms with E-state index in [1.54, 1.807) is 29.1 Å². The molecule has 0 saturated carbocycles. The standard InChI is InChI=1S/C17H19N5O3/c1-22-10-11(8-19-22)3-6-16(23)18-9-15-20-13-5-4-12(17(24)25-2)7-14(13)21-15/h4-5,7-8,10H,3,6,9H2,1-2H3,(H,18,23)(H,20,21). The van der Waals surface area contributed by atoms with Gasteiger partial charge >= 0.3 is 5.97 Å². The zero-order chi connectivity index (χ0) is 17.8. The second-order valence-corrected chi connectivity index (χ2v) is 5.71. The largest absolute Gasteiger partial charge is 0.465 e. The van der Waals surface area contributed by atoms with Gasteiger partial charge in [0, 0.05) is 19.7 Å². The number of nitrogens with zero attached hydrogens (tertiary/aromatic N) is 3. The maximum atomic E-state index is 12.0. The number of methoxy groups -OCH3 is 1. The number of benzene rings is 1. The van der Waals surface area contributed by atoms with Gasteiger partial charge in [0.05, 0.1) is 36.4 Å². The minimum atomic E-state index is -0.401. The summed E-state index contributed by atoms with van der Waals surface area (Å²) in [7, 11) is 3.18. The first-order chi connectivity index (χ1) is 12.0. The van der Waals surface area contributed by atoms with Crippen LogP contribution in [0.5, 0.6) is 0 Å². The third kappa shape index (κ3) is 4.03. The fraction of sp³-hybridized carbons (Fsp3) is 0.294. The van der Waals surface area contributed by atoms with Crippen molar-refractivity contribution in [3.8, 4) is 0 Å². The Kier molecular flexibility index (Phi) is 4.78. The molecule has 0 bridgehead atoms. The first-order valence-electron chi connectivity index (χ1n) is 7.86.